The molecule has 1 aromatic heterocycles. The van der Waals surface area contributed by atoms with Crippen molar-refractivity contribution in [1.29, 1.82) is 0 Å². The van der Waals surface area contributed by atoms with Gasteiger partial charge in [-0.3, -0.25) is 4.79 Å². The average molecular weight is 449 g/mol. The number of halogens is 3. The lowest BCUT2D eigenvalue weighted by atomic mass is 10.2. The number of aromatic nitrogens is 2. The molecule has 0 N–H and O–H groups in total. The first-order chi connectivity index (χ1) is 14.8. The number of alkyl halides is 3. The molecule has 0 unspecified atom stereocenters. The van der Waals surface area contributed by atoms with Gasteiger partial charge in [-0.25, -0.2) is 4.98 Å². The van der Waals surface area contributed by atoms with Crippen molar-refractivity contribution in [2.75, 3.05) is 19.9 Å². The number of hydrogen-bond acceptors (Lipinski definition) is 4. The van der Waals surface area contributed by atoms with Crippen LogP contribution in [0.3, 0.4) is 0 Å². The molecule has 3 rings (SSSR count). The molecule has 0 saturated heterocycles. The Hall–Kier alpha value is -2.94. The van der Waals surface area contributed by atoms with Crippen molar-refractivity contribution in [3.05, 3.63) is 66.4 Å². The molecule has 31 heavy (non-hydrogen) atoms. The minimum Gasteiger partial charge on any atom is -0.496 e. The maximum atomic E-state index is 13.2. The molecule has 0 bridgehead atoms. The molecule has 0 aliphatic rings. The summed E-state index contributed by atoms with van der Waals surface area (Å²) in [6.45, 7) is -0.847. The minimum absolute atomic E-state index is 0.0330. The van der Waals surface area contributed by atoms with E-state index in [2.05, 4.69) is 4.98 Å². The molecule has 0 aliphatic carbocycles. The van der Waals surface area contributed by atoms with Gasteiger partial charge in [0.1, 0.15) is 12.3 Å². The summed E-state index contributed by atoms with van der Waals surface area (Å²) in [5.74, 6) is 0.413. The number of rotatable bonds is 8. The first kappa shape index (κ1) is 22.7. The van der Waals surface area contributed by atoms with Crippen LogP contribution in [0.4, 0.5) is 13.2 Å². The largest absolute Gasteiger partial charge is 0.496 e. The van der Waals surface area contributed by atoms with Crippen LogP contribution in [0, 0.1) is 0 Å². The van der Waals surface area contributed by atoms with Gasteiger partial charge < -0.3 is 14.2 Å². The number of carbonyl (C=O) groups is 1. The molecule has 0 radical (unpaired) electrons. The van der Waals surface area contributed by atoms with Crippen molar-refractivity contribution in [2.45, 2.75) is 24.4 Å². The van der Waals surface area contributed by atoms with Crippen LogP contribution in [0.5, 0.6) is 5.75 Å². The number of benzene rings is 2. The van der Waals surface area contributed by atoms with E-state index in [4.69, 9.17) is 4.74 Å². The highest BCUT2D eigenvalue weighted by Crippen LogP contribution is 2.30. The zero-order valence-corrected chi connectivity index (χ0v) is 17.9. The van der Waals surface area contributed by atoms with E-state index in [9.17, 15) is 18.0 Å². The fraction of sp³-hybridized carbons (Fsp3) is 0.273. The fourth-order valence-corrected chi connectivity index (χ4v) is 3.98. The Balaban J connectivity index is 1.73. The number of imidazole rings is 1. The molecular weight excluding hydrogens is 427 g/mol. The summed E-state index contributed by atoms with van der Waals surface area (Å²) in [5, 5.41) is 0.148. The van der Waals surface area contributed by atoms with E-state index in [0.29, 0.717) is 23.6 Å². The maximum Gasteiger partial charge on any atom is 0.406 e. The molecule has 5 nitrogen and oxygen atoms in total. The van der Waals surface area contributed by atoms with Gasteiger partial charge in [0.25, 0.3) is 0 Å². The molecule has 9 heteroatoms. The van der Waals surface area contributed by atoms with Gasteiger partial charge in [0, 0.05) is 19.2 Å². The number of nitrogens with zero attached hydrogens (tertiary/aromatic N) is 3. The van der Waals surface area contributed by atoms with Gasteiger partial charge in [-0.1, -0.05) is 60.3 Å². The van der Waals surface area contributed by atoms with Gasteiger partial charge in [0.2, 0.25) is 5.91 Å². The monoisotopic (exact) mass is 449 g/mol. The Bertz CT molecular complexity index is 1020. The van der Waals surface area contributed by atoms with Gasteiger partial charge in [0.05, 0.1) is 24.8 Å². The highest BCUT2D eigenvalue weighted by atomic mass is 32.2. The van der Waals surface area contributed by atoms with Crippen LogP contribution in [0.2, 0.25) is 0 Å². The topological polar surface area (TPSA) is 47.4 Å². The number of carbonyl (C=O) groups excluding carboxylic acids is 1. The predicted octanol–water partition coefficient (Wildman–Crippen LogP) is 4.87. The number of amides is 1. The third-order valence-electron chi connectivity index (χ3n) is 4.58. The number of ether oxygens (including phenoxy) is 1. The van der Waals surface area contributed by atoms with Crippen LogP contribution in [-0.2, 0) is 17.9 Å². The van der Waals surface area contributed by atoms with Crippen molar-refractivity contribution in [3.63, 3.8) is 0 Å². The van der Waals surface area contributed by atoms with Crippen molar-refractivity contribution in [3.8, 4) is 17.0 Å². The van der Waals surface area contributed by atoms with Gasteiger partial charge >= 0.3 is 6.18 Å². The Morgan fingerprint density at radius 3 is 2.48 bits per heavy atom. The fourth-order valence-electron chi connectivity index (χ4n) is 3.06. The zero-order valence-electron chi connectivity index (χ0n) is 17.1. The standard InChI is InChI=1S/C22H22F3N3O2S/c1-27(13-17-10-6-7-11-19(17)30-2)20(29)14-31-21-26-12-18(16-8-4-3-5-9-16)28(21)15-22(23,24)25/h3-12H,13-15H2,1-2H3. The van der Waals surface area contributed by atoms with Crippen LogP contribution in [-0.4, -0.2) is 46.4 Å². The summed E-state index contributed by atoms with van der Waals surface area (Å²) in [7, 11) is 3.20. The minimum atomic E-state index is -4.41. The molecular formula is C22H22F3N3O2S. The quantitative estimate of drug-likeness (QED) is 0.461. The van der Waals surface area contributed by atoms with E-state index in [1.54, 1.807) is 50.6 Å². The molecule has 0 atom stereocenters. The summed E-state index contributed by atoms with van der Waals surface area (Å²) in [6, 6.07) is 16.1. The number of hydrogen-bond donors (Lipinski definition) is 0. The van der Waals surface area contributed by atoms with Crippen molar-refractivity contribution >= 4 is 17.7 Å². The van der Waals surface area contributed by atoms with E-state index in [1.165, 1.54) is 11.1 Å². The van der Waals surface area contributed by atoms with E-state index in [0.717, 1.165) is 21.9 Å². The summed E-state index contributed by atoms with van der Waals surface area (Å²) >= 11 is 0.990. The summed E-state index contributed by atoms with van der Waals surface area (Å²) in [6.07, 6.45) is -3.00. The van der Waals surface area contributed by atoms with Crippen LogP contribution >= 0.6 is 11.8 Å². The lowest BCUT2D eigenvalue weighted by molar-refractivity contribution is -0.141. The van der Waals surface area contributed by atoms with Crippen molar-refractivity contribution < 1.29 is 22.7 Å². The van der Waals surface area contributed by atoms with Gasteiger partial charge in [-0.05, 0) is 11.6 Å². The molecule has 1 heterocycles. The van der Waals surface area contributed by atoms with Gasteiger partial charge in [-0.2, -0.15) is 13.2 Å². The third-order valence-corrected chi connectivity index (χ3v) is 5.55. The number of methoxy groups -OCH3 is 1. The van der Waals surface area contributed by atoms with E-state index in [1.807, 2.05) is 18.2 Å². The Labute approximate surface area is 182 Å². The second-order valence-corrected chi connectivity index (χ2v) is 7.79. The highest BCUT2D eigenvalue weighted by molar-refractivity contribution is 7.99. The Kier molecular flexibility index (Phi) is 7.27. The van der Waals surface area contributed by atoms with E-state index < -0.39 is 12.7 Å². The Morgan fingerprint density at radius 2 is 1.81 bits per heavy atom. The SMILES string of the molecule is COc1ccccc1CN(C)C(=O)CSc1ncc(-c2ccccc2)n1CC(F)(F)F. The highest BCUT2D eigenvalue weighted by Gasteiger charge is 2.31. The Morgan fingerprint density at radius 1 is 1.13 bits per heavy atom. The summed E-state index contributed by atoms with van der Waals surface area (Å²) < 4.78 is 46.0. The normalized spacial score (nSPS) is 11.4. The van der Waals surface area contributed by atoms with Gasteiger partial charge in [-0.15, -0.1) is 0 Å². The van der Waals surface area contributed by atoms with E-state index >= 15 is 0 Å². The molecule has 164 valence electrons. The molecule has 3 aromatic rings. The number of thioether (sulfide) groups is 1. The lowest BCUT2D eigenvalue weighted by Gasteiger charge is -2.19. The lowest BCUT2D eigenvalue weighted by Crippen LogP contribution is -2.28. The number of para-hydroxylation sites is 1. The van der Waals surface area contributed by atoms with Gasteiger partial charge in [0.15, 0.2) is 5.16 Å². The third kappa shape index (κ3) is 6.04. The summed E-state index contributed by atoms with van der Waals surface area (Å²) in [4.78, 5) is 18.3. The average Bonchev–Trinajstić information content (AvgIpc) is 3.13. The molecule has 0 fully saturated rings. The van der Waals surface area contributed by atoms with Crippen molar-refractivity contribution in [2.24, 2.45) is 0 Å². The first-order valence-electron chi connectivity index (χ1n) is 9.45. The van der Waals surface area contributed by atoms with Crippen LogP contribution in [0.1, 0.15) is 5.56 Å². The molecule has 0 aliphatic heterocycles. The second kappa shape index (κ2) is 9.91. The molecule has 2 aromatic carbocycles. The molecule has 0 saturated carbocycles. The second-order valence-electron chi connectivity index (χ2n) is 6.84. The smallest absolute Gasteiger partial charge is 0.406 e. The predicted molar refractivity (Wildman–Crippen MR) is 114 cm³/mol. The molecule has 0 spiro atoms. The van der Waals surface area contributed by atoms with Crippen molar-refractivity contribution in [1.82, 2.24) is 14.5 Å². The zero-order chi connectivity index (χ0) is 22.4. The summed E-state index contributed by atoms with van der Waals surface area (Å²) in [5.41, 5.74) is 1.83. The van der Waals surface area contributed by atoms with Crippen LogP contribution in [0.25, 0.3) is 11.3 Å². The van der Waals surface area contributed by atoms with E-state index in [-0.39, 0.29) is 16.8 Å². The van der Waals surface area contributed by atoms with Crippen LogP contribution < -0.4 is 4.74 Å². The molecule has 1 amide bonds. The maximum absolute atomic E-state index is 13.2. The van der Waals surface area contributed by atoms with Crippen LogP contribution in [0.15, 0.2) is 66.0 Å². The first-order valence-corrected chi connectivity index (χ1v) is 10.4.